The molecular weight excluding hydrogens is 977 g/mol. The van der Waals surface area contributed by atoms with Gasteiger partial charge in [0.25, 0.3) is 21.2 Å². The van der Waals surface area contributed by atoms with Crippen LogP contribution in [0, 0.1) is 6.92 Å². The molecule has 7 rings (SSSR count). The van der Waals surface area contributed by atoms with Crippen molar-refractivity contribution in [2.45, 2.75) is 84.7 Å². The number of phenols is 1. The monoisotopic (exact) mass is 1050 g/mol. The standard InChI is InChI=1S/C20H28FN5O3.C18H25N5O3.C10H14O3S.C3H7F.CH4/c1-23-19(27)16-22-26(20(23)28)10-5-4-9-24-11-13-25(14-12-24)17-6-2-3-7-18(17)29-15-8-21;1-20-17(25)14-19-23(18(20)26)9-5-4-8-21-10-12-22(13-11-21)15-6-2-3-7-16(15)24;1-3-8-13-14(11,12)10-6-4-9(2)5-7-10;1-2-3-4;/h2-3,6-7,16H,4-5,8-15H2,1H3;2-3,6-7,14,24H,4-5,8-13H2,1H3;4-7H,3,8H2,1-2H3;2-3H2,1H3;1H4/i21-1;;;4-1;. The Kier molecular flexibility index (Phi) is 27.6. The highest BCUT2D eigenvalue weighted by molar-refractivity contribution is 7.86. The minimum atomic E-state index is -3.54. The maximum atomic E-state index is 12.4. The lowest BCUT2D eigenvalue weighted by Gasteiger charge is -2.36. The van der Waals surface area contributed by atoms with Crippen LogP contribution in [0.2, 0.25) is 0 Å². The lowest BCUT2D eigenvalue weighted by molar-refractivity contribution is 0.247. The summed E-state index contributed by atoms with van der Waals surface area (Å²) in [4.78, 5) is 56.1. The van der Waals surface area contributed by atoms with Gasteiger partial charge in [0.05, 0.1) is 29.6 Å². The molecule has 0 radical (unpaired) electrons. The second-order valence-corrected chi connectivity index (χ2v) is 19.1. The number of ether oxygens (including phenoxy) is 1. The average Bonchev–Trinajstić information content (AvgIpc) is 3.41. The molecule has 0 saturated carbocycles. The summed E-state index contributed by atoms with van der Waals surface area (Å²) in [5, 5.41) is 17.8. The quantitative estimate of drug-likeness (QED) is 0.0782. The summed E-state index contributed by atoms with van der Waals surface area (Å²) in [6.07, 6.45) is 7.28. The highest BCUT2D eigenvalue weighted by Gasteiger charge is 2.21. The van der Waals surface area contributed by atoms with Crippen LogP contribution in [-0.4, -0.2) is 144 Å². The predicted octanol–water partition coefficient (Wildman–Crippen LogP) is 5.26. The van der Waals surface area contributed by atoms with Gasteiger partial charge in [0, 0.05) is 79.5 Å². The number of nitrogens with zero attached hydrogens (tertiary/aromatic N) is 10. The van der Waals surface area contributed by atoms with Gasteiger partial charge in [0.2, 0.25) is 0 Å². The number of benzene rings is 3. The van der Waals surface area contributed by atoms with E-state index in [-0.39, 0.29) is 54.7 Å². The highest BCUT2D eigenvalue weighted by Crippen LogP contribution is 2.29. The molecule has 0 aliphatic carbocycles. The summed E-state index contributed by atoms with van der Waals surface area (Å²) in [6.45, 7) is 15.5. The lowest BCUT2D eigenvalue weighted by atomic mass is 10.2. The summed E-state index contributed by atoms with van der Waals surface area (Å²) < 4.78 is 61.3. The van der Waals surface area contributed by atoms with Crippen molar-refractivity contribution in [3.63, 3.8) is 0 Å². The van der Waals surface area contributed by atoms with E-state index in [0.29, 0.717) is 31.7 Å². The third kappa shape index (κ3) is 19.9. The molecular formula is C52H78F2N10O9S. The smallest absolute Gasteiger partial charge is 0.347 e. The fourth-order valence-corrected chi connectivity index (χ4v) is 8.65. The van der Waals surface area contributed by atoms with E-state index in [0.717, 1.165) is 123 Å². The topological polar surface area (TPSA) is 200 Å². The van der Waals surface area contributed by atoms with Crippen molar-refractivity contribution >= 4 is 21.5 Å². The summed E-state index contributed by atoms with van der Waals surface area (Å²) >= 11 is 0. The zero-order chi connectivity index (χ0) is 53.2. The molecule has 0 atom stereocenters. The number of aromatic nitrogens is 6. The van der Waals surface area contributed by atoms with Gasteiger partial charge in [-0.2, -0.15) is 18.6 Å². The van der Waals surface area contributed by atoms with E-state index in [9.17, 15) is 41.5 Å². The summed E-state index contributed by atoms with van der Waals surface area (Å²) in [6, 6.07) is 21.8. The number of unbranched alkanes of at least 4 members (excludes halogenated alkanes) is 2. The zero-order valence-corrected chi connectivity index (χ0v) is 43.8. The minimum absolute atomic E-state index is 0. The first-order valence-electron chi connectivity index (χ1n) is 24.9. The number of anilines is 2. The molecule has 2 fully saturated rings. The SMILES string of the molecule is C.CCCOS(=O)(=O)c1ccc(C)cc1.CCC[18F].Cn1c(=O)cnn(CCCCN2CCN(c3ccccc3O)CC2)c1=O.Cn1c(=O)cnn(CCCCN2CCN(c3ccccc3OCC[18F])CC2)c1=O. The zero-order valence-electron chi connectivity index (χ0n) is 43.0. The van der Waals surface area contributed by atoms with Gasteiger partial charge < -0.3 is 19.6 Å². The molecule has 3 aromatic carbocycles. The van der Waals surface area contributed by atoms with Gasteiger partial charge in [-0.05, 0) is 94.9 Å². The van der Waals surface area contributed by atoms with Gasteiger partial charge in [-0.3, -0.25) is 37.1 Å². The molecule has 0 spiro atoms. The van der Waals surface area contributed by atoms with Crippen molar-refractivity contribution in [1.29, 1.82) is 0 Å². The van der Waals surface area contributed by atoms with E-state index >= 15 is 0 Å². The summed E-state index contributed by atoms with van der Waals surface area (Å²) in [7, 11) is -0.613. The van der Waals surface area contributed by atoms with Crippen molar-refractivity contribution < 1.29 is 31.2 Å². The maximum absolute atomic E-state index is 12.4. The van der Waals surface area contributed by atoms with Crippen molar-refractivity contribution in [3.8, 4) is 11.5 Å². The van der Waals surface area contributed by atoms with Gasteiger partial charge in [0.1, 0.15) is 37.2 Å². The van der Waals surface area contributed by atoms with Crippen LogP contribution in [0.3, 0.4) is 0 Å². The van der Waals surface area contributed by atoms with Crippen molar-refractivity contribution in [3.05, 3.63) is 132 Å². The molecule has 0 amide bonds. The third-order valence-electron chi connectivity index (χ3n) is 11.9. The number of halogens is 2. The molecule has 2 aliphatic heterocycles. The number of aryl methyl sites for hydroxylation is 3. The molecule has 2 saturated heterocycles. The molecule has 0 unspecified atom stereocenters. The summed E-state index contributed by atoms with van der Waals surface area (Å²) in [5.74, 6) is 1.06. The number of para-hydroxylation sites is 4. The Labute approximate surface area is 434 Å². The molecule has 4 heterocycles. The van der Waals surface area contributed by atoms with E-state index in [4.69, 9.17) is 8.92 Å². The van der Waals surface area contributed by atoms with E-state index in [1.54, 1.807) is 37.3 Å². The van der Waals surface area contributed by atoms with E-state index in [2.05, 4.69) is 29.8 Å². The van der Waals surface area contributed by atoms with E-state index in [1.165, 1.54) is 35.9 Å². The molecule has 2 aromatic heterocycles. The van der Waals surface area contributed by atoms with Crippen LogP contribution in [0.1, 0.15) is 65.4 Å². The first-order chi connectivity index (χ1) is 35.1. The van der Waals surface area contributed by atoms with Gasteiger partial charge in [0.15, 0.2) is 0 Å². The van der Waals surface area contributed by atoms with Crippen LogP contribution in [0.5, 0.6) is 11.5 Å². The maximum Gasteiger partial charge on any atom is 0.347 e. The molecule has 5 aromatic rings. The number of phenolic OH excluding ortho intramolecular Hbond substituents is 1. The number of piperazine rings is 2. The van der Waals surface area contributed by atoms with Gasteiger partial charge in [-0.1, -0.05) is 63.2 Å². The number of rotatable bonds is 20. The highest BCUT2D eigenvalue weighted by atomic mass is 32.2. The number of alkyl halides is 2. The fraction of sp³-hybridized carbons (Fsp3) is 0.538. The Morgan fingerprint density at radius 3 is 1.50 bits per heavy atom. The van der Waals surface area contributed by atoms with E-state index < -0.39 is 16.8 Å². The molecule has 1 N–H and O–H groups in total. The van der Waals surface area contributed by atoms with Crippen LogP contribution in [-0.2, 0) is 41.5 Å². The Balaban J connectivity index is 0.000000294. The lowest BCUT2D eigenvalue weighted by Crippen LogP contribution is -2.46. The molecule has 74 heavy (non-hydrogen) atoms. The summed E-state index contributed by atoms with van der Waals surface area (Å²) in [5.41, 5.74) is 1.43. The first-order valence-corrected chi connectivity index (χ1v) is 26.3. The molecule has 2 aliphatic rings. The van der Waals surface area contributed by atoms with Crippen LogP contribution < -0.4 is 37.0 Å². The molecule has 22 heteroatoms. The van der Waals surface area contributed by atoms with Gasteiger partial charge >= 0.3 is 11.4 Å². The Morgan fingerprint density at radius 2 is 1.04 bits per heavy atom. The van der Waals surface area contributed by atoms with Gasteiger partial charge in [-0.15, -0.1) is 0 Å². The average molecular weight is 1060 g/mol. The fourth-order valence-electron chi connectivity index (χ4n) is 7.66. The van der Waals surface area contributed by atoms with Crippen molar-refractivity contribution in [1.82, 2.24) is 38.5 Å². The number of hydrogen-bond acceptors (Lipinski definition) is 15. The molecule has 410 valence electrons. The van der Waals surface area contributed by atoms with Crippen LogP contribution in [0.15, 0.2) is 109 Å². The molecule has 0 bridgehead atoms. The normalized spacial score (nSPS) is 13.8. The second-order valence-electron chi connectivity index (χ2n) is 17.4. The largest absolute Gasteiger partial charge is 0.506 e. The first kappa shape index (κ1) is 62.1. The van der Waals surface area contributed by atoms with Crippen LogP contribution in [0.25, 0.3) is 0 Å². The Hall–Kier alpha value is -6.23. The van der Waals surface area contributed by atoms with Gasteiger partial charge in [-0.25, -0.2) is 23.3 Å². The molecule has 19 nitrogen and oxygen atoms in total. The Morgan fingerprint density at radius 1 is 0.595 bits per heavy atom. The number of aromatic hydroxyl groups is 1. The Bertz CT molecular complexity index is 2760. The van der Waals surface area contributed by atoms with Crippen LogP contribution in [0.4, 0.5) is 20.2 Å². The predicted molar refractivity (Wildman–Crippen MR) is 287 cm³/mol. The second kappa shape index (κ2) is 32.8. The van der Waals surface area contributed by atoms with Crippen molar-refractivity contribution in [2.75, 3.05) is 102 Å². The van der Waals surface area contributed by atoms with Crippen molar-refractivity contribution in [2.24, 2.45) is 14.1 Å². The van der Waals surface area contributed by atoms with E-state index in [1.807, 2.05) is 56.3 Å². The minimum Gasteiger partial charge on any atom is -0.506 e. The third-order valence-corrected chi connectivity index (χ3v) is 13.3. The van der Waals surface area contributed by atoms with Crippen LogP contribution >= 0.6 is 0 Å². The number of hydrogen-bond donors (Lipinski definition) is 1.